The first-order valence-electron chi connectivity index (χ1n) is 5.01. The third kappa shape index (κ3) is 3.39. The predicted octanol–water partition coefficient (Wildman–Crippen LogP) is 1.27. The number of amidine groups is 1. The van der Waals surface area contributed by atoms with E-state index in [9.17, 15) is 4.79 Å². The molecule has 1 amide bonds. The number of carbonyl (C=O) groups excluding carboxylic acids is 1. The van der Waals surface area contributed by atoms with E-state index in [0.717, 1.165) is 4.90 Å². The van der Waals surface area contributed by atoms with Crippen LogP contribution in [0, 0.1) is 0 Å². The number of hydrogen-bond acceptors (Lipinski definition) is 4. The van der Waals surface area contributed by atoms with Crippen molar-refractivity contribution in [2.24, 2.45) is 10.9 Å². The first kappa shape index (κ1) is 13.4. The SMILES string of the molecule is CSc1ccccc1C(=O)NC(C)C(N)=NO. The van der Waals surface area contributed by atoms with Crippen LogP contribution in [0.5, 0.6) is 0 Å². The molecule has 0 spiro atoms. The van der Waals surface area contributed by atoms with Gasteiger partial charge < -0.3 is 16.3 Å². The fraction of sp³-hybridized carbons (Fsp3) is 0.273. The Morgan fingerprint density at radius 1 is 1.53 bits per heavy atom. The predicted molar refractivity (Wildman–Crippen MR) is 68.6 cm³/mol. The molecular formula is C11H15N3O2S. The molecule has 0 radical (unpaired) electrons. The minimum absolute atomic E-state index is 0.0278. The van der Waals surface area contributed by atoms with Crippen molar-refractivity contribution in [3.63, 3.8) is 0 Å². The van der Waals surface area contributed by atoms with Crippen molar-refractivity contribution in [3.8, 4) is 0 Å². The van der Waals surface area contributed by atoms with E-state index in [0.29, 0.717) is 5.56 Å². The average Bonchev–Trinajstić information content (AvgIpc) is 2.37. The van der Waals surface area contributed by atoms with Crippen molar-refractivity contribution < 1.29 is 10.0 Å². The molecule has 0 aliphatic rings. The Hall–Kier alpha value is -1.69. The summed E-state index contributed by atoms with van der Waals surface area (Å²) in [6.07, 6.45) is 1.90. The van der Waals surface area contributed by atoms with Crippen molar-refractivity contribution in [2.75, 3.05) is 6.26 Å². The zero-order chi connectivity index (χ0) is 12.8. The summed E-state index contributed by atoms with van der Waals surface area (Å²) in [5.74, 6) is -0.269. The van der Waals surface area contributed by atoms with Gasteiger partial charge in [-0.15, -0.1) is 11.8 Å². The first-order valence-corrected chi connectivity index (χ1v) is 6.24. The Labute approximate surface area is 104 Å². The minimum Gasteiger partial charge on any atom is -0.409 e. The zero-order valence-corrected chi connectivity index (χ0v) is 10.5. The third-order valence-electron chi connectivity index (χ3n) is 2.26. The van der Waals surface area contributed by atoms with E-state index in [-0.39, 0.29) is 11.7 Å². The van der Waals surface area contributed by atoms with E-state index < -0.39 is 6.04 Å². The molecule has 1 rings (SSSR count). The molecule has 17 heavy (non-hydrogen) atoms. The zero-order valence-electron chi connectivity index (χ0n) is 9.68. The molecule has 1 unspecified atom stereocenters. The maximum absolute atomic E-state index is 11.9. The van der Waals surface area contributed by atoms with E-state index in [1.807, 2.05) is 18.4 Å². The van der Waals surface area contributed by atoms with Crippen molar-refractivity contribution >= 4 is 23.5 Å². The lowest BCUT2D eigenvalue weighted by atomic mass is 10.2. The summed E-state index contributed by atoms with van der Waals surface area (Å²) in [6, 6.07) is 6.76. The molecule has 0 saturated carbocycles. The molecule has 0 saturated heterocycles. The van der Waals surface area contributed by atoms with Gasteiger partial charge in [0.15, 0.2) is 5.84 Å². The number of rotatable bonds is 4. The summed E-state index contributed by atoms with van der Waals surface area (Å²) in [6.45, 7) is 1.65. The third-order valence-corrected chi connectivity index (χ3v) is 3.05. The second-order valence-electron chi connectivity index (χ2n) is 3.42. The second kappa shape index (κ2) is 6.15. The molecule has 0 aliphatic carbocycles. The molecular weight excluding hydrogens is 238 g/mol. The van der Waals surface area contributed by atoms with Gasteiger partial charge in [0, 0.05) is 4.90 Å². The topological polar surface area (TPSA) is 87.7 Å². The van der Waals surface area contributed by atoms with E-state index >= 15 is 0 Å². The highest BCUT2D eigenvalue weighted by atomic mass is 32.2. The van der Waals surface area contributed by atoms with Gasteiger partial charge in [-0.1, -0.05) is 17.3 Å². The highest BCUT2D eigenvalue weighted by Gasteiger charge is 2.15. The van der Waals surface area contributed by atoms with Gasteiger partial charge >= 0.3 is 0 Å². The summed E-state index contributed by atoms with van der Waals surface area (Å²) >= 11 is 1.49. The number of hydrogen-bond donors (Lipinski definition) is 3. The Balaban J connectivity index is 2.83. The molecule has 0 fully saturated rings. The molecule has 0 bridgehead atoms. The summed E-state index contributed by atoms with van der Waals surface area (Å²) in [5, 5.41) is 14.0. The lowest BCUT2D eigenvalue weighted by Gasteiger charge is -2.13. The van der Waals surface area contributed by atoms with Gasteiger partial charge in [0.2, 0.25) is 0 Å². The number of nitrogens with zero attached hydrogens (tertiary/aromatic N) is 1. The van der Waals surface area contributed by atoms with Gasteiger partial charge in [-0.2, -0.15) is 0 Å². The standard InChI is InChI=1S/C11H15N3O2S/c1-7(10(12)14-16)13-11(15)8-5-3-4-6-9(8)17-2/h3-7,16H,1-2H3,(H2,12,14)(H,13,15). The van der Waals surface area contributed by atoms with Crippen LogP contribution in [0.2, 0.25) is 0 Å². The van der Waals surface area contributed by atoms with Crippen molar-refractivity contribution in [1.82, 2.24) is 5.32 Å². The van der Waals surface area contributed by atoms with Crippen LogP contribution in [0.4, 0.5) is 0 Å². The lowest BCUT2D eigenvalue weighted by molar-refractivity contribution is 0.0945. The highest BCUT2D eigenvalue weighted by Crippen LogP contribution is 2.19. The fourth-order valence-electron chi connectivity index (χ4n) is 1.27. The maximum atomic E-state index is 11.9. The molecule has 92 valence electrons. The van der Waals surface area contributed by atoms with E-state index in [1.54, 1.807) is 19.1 Å². The Bertz CT molecular complexity index is 434. The van der Waals surface area contributed by atoms with Gasteiger partial charge in [-0.05, 0) is 25.3 Å². The van der Waals surface area contributed by atoms with Crippen LogP contribution in [0.1, 0.15) is 17.3 Å². The van der Waals surface area contributed by atoms with Gasteiger partial charge in [0.1, 0.15) is 0 Å². The normalized spacial score (nSPS) is 13.2. The van der Waals surface area contributed by atoms with Crippen molar-refractivity contribution in [1.29, 1.82) is 0 Å². The van der Waals surface area contributed by atoms with Crippen LogP contribution in [0.15, 0.2) is 34.3 Å². The van der Waals surface area contributed by atoms with Crippen molar-refractivity contribution in [3.05, 3.63) is 29.8 Å². The molecule has 0 aromatic heterocycles. The second-order valence-corrected chi connectivity index (χ2v) is 4.27. The molecule has 1 aromatic carbocycles. The average molecular weight is 253 g/mol. The number of benzene rings is 1. The summed E-state index contributed by atoms with van der Waals surface area (Å²) < 4.78 is 0. The molecule has 0 heterocycles. The Kier molecular flexibility index (Phi) is 4.84. The van der Waals surface area contributed by atoms with Crippen LogP contribution in [-0.4, -0.2) is 29.2 Å². The summed E-state index contributed by atoms with van der Waals surface area (Å²) in [4.78, 5) is 12.8. The van der Waals surface area contributed by atoms with Gasteiger partial charge in [-0.3, -0.25) is 4.79 Å². The van der Waals surface area contributed by atoms with Gasteiger partial charge in [-0.25, -0.2) is 0 Å². The number of thioether (sulfide) groups is 1. The molecule has 0 aliphatic heterocycles. The molecule has 1 atom stereocenters. The van der Waals surface area contributed by atoms with Crippen molar-refractivity contribution in [2.45, 2.75) is 17.9 Å². The number of oxime groups is 1. The van der Waals surface area contributed by atoms with Crippen LogP contribution >= 0.6 is 11.8 Å². The maximum Gasteiger partial charge on any atom is 0.252 e. The van der Waals surface area contributed by atoms with E-state index in [2.05, 4.69) is 10.5 Å². The monoisotopic (exact) mass is 253 g/mol. The lowest BCUT2D eigenvalue weighted by Crippen LogP contribution is -2.42. The summed E-state index contributed by atoms with van der Waals surface area (Å²) in [7, 11) is 0. The number of carbonyl (C=O) groups is 1. The molecule has 1 aromatic rings. The number of nitrogens with one attached hydrogen (secondary N) is 1. The largest absolute Gasteiger partial charge is 0.409 e. The van der Waals surface area contributed by atoms with Crippen LogP contribution < -0.4 is 11.1 Å². The smallest absolute Gasteiger partial charge is 0.252 e. The first-order chi connectivity index (χ1) is 8.10. The Morgan fingerprint density at radius 2 is 2.18 bits per heavy atom. The minimum atomic E-state index is -0.512. The number of nitrogens with two attached hydrogens (primary N) is 1. The van der Waals surface area contributed by atoms with Gasteiger partial charge in [0.25, 0.3) is 5.91 Å². The fourth-order valence-corrected chi connectivity index (χ4v) is 1.86. The molecule has 6 heteroatoms. The Morgan fingerprint density at radius 3 is 2.76 bits per heavy atom. The van der Waals surface area contributed by atoms with E-state index in [4.69, 9.17) is 10.9 Å². The van der Waals surface area contributed by atoms with Crippen LogP contribution in [0.3, 0.4) is 0 Å². The van der Waals surface area contributed by atoms with Gasteiger partial charge in [0.05, 0.1) is 11.6 Å². The summed E-state index contributed by atoms with van der Waals surface area (Å²) in [5.41, 5.74) is 5.97. The van der Waals surface area contributed by atoms with Crippen LogP contribution in [-0.2, 0) is 0 Å². The quantitative estimate of drug-likeness (QED) is 0.248. The molecule has 5 nitrogen and oxygen atoms in total. The highest BCUT2D eigenvalue weighted by molar-refractivity contribution is 7.98. The number of amides is 1. The van der Waals surface area contributed by atoms with E-state index in [1.165, 1.54) is 11.8 Å². The van der Waals surface area contributed by atoms with Crippen LogP contribution in [0.25, 0.3) is 0 Å². The molecule has 4 N–H and O–H groups in total.